The molecule has 0 aliphatic rings. The van der Waals surface area contributed by atoms with Gasteiger partial charge in [-0.05, 0) is 17.7 Å². The Morgan fingerprint density at radius 1 is 1.40 bits per heavy atom. The molecule has 0 spiro atoms. The van der Waals surface area contributed by atoms with Crippen molar-refractivity contribution in [3.05, 3.63) is 29.3 Å². The number of aliphatic hydroxyl groups is 2. The average molecular weight is 299 g/mol. The van der Waals surface area contributed by atoms with Crippen LogP contribution in [0.15, 0.2) is 18.2 Å². The van der Waals surface area contributed by atoms with Gasteiger partial charge in [-0.15, -0.1) is 0 Å². The molecule has 0 radical (unpaired) electrons. The van der Waals surface area contributed by atoms with Crippen LogP contribution in [-0.4, -0.2) is 40.3 Å². The van der Waals surface area contributed by atoms with E-state index in [0.29, 0.717) is 5.69 Å². The van der Waals surface area contributed by atoms with Crippen LogP contribution in [0.5, 0.6) is 0 Å². The Labute approximate surface area is 120 Å². The second kappa shape index (κ2) is 7.28. The van der Waals surface area contributed by atoms with E-state index in [9.17, 15) is 19.8 Å². The van der Waals surface area contributed by atoms with Crippen molar-refractivity contribution < 1.29 is 24.5 Å². The number of nitrogens with two attached hydrogens (primary N) is 1. The second-order valence-corrected chi connectivity index (χ2v) is 5.35. The summed E-state index contributed by atoms with van der Waals surface area (Å²) in [6.45, 7) is 1.37. The maximum atomic E-state index is 11.6. The average Bonchev–Trinajstić information content (AvgIpc) is 2.42. The molecule has 4 N–H and O–H groups in total. The fourth-order valence-corrected chi connectivity index (χ4v) is 2.21. The van der Waals surface area contributed by atoms with Crippen LogP contribution in [0.2, 0.25) is 0 Å². The number of thioether (sulfide) groups is 1. The van der Waals surface area contributed by atoms with E-state index in [2.05, 4.69) is 4.74 Å². The lowest BCUT2D eigenvalue weighted by atomic mass is 9.98. The highest BCUT2D eigenvalue weighted by molar-refractivity contribution is 8.13. The zero-order valence-electron chi connectivity index (χ0n) is 11.2. The Bertz CT molecular complexity index is 506. The van der Waals surface area contributed by atoms with Gasteiger partial charge in [-0.25, -0.2) is 4.79 Å². The SMILES string of the molecule is COC(=O)c1cc(N)ccc1C(O)C(O)CSC(C)=O. The standard InChI is InChI=1S/C13H17NO5S/c1-7(15)20-6-11(16)12(17)9-4-3-8(14)5-10(9)13(18)19-2/h3-5,11-12,16-17H,6,14H2,1-2H3. The van der Waals surface area contributed by atoms with Crippen molar-refractivity contribution in [2.75, 3.05) is 18.6 Å². The van der Waals surface area contributed by atoms with Gasteiger partial charge < -0.3 is 20.7 Å². The minimum Gasteiger partial charge on any atom is -0.465 e. The smallest absolute Gasteiger partial charge is 0.338 e. The molecule has 0 bridgehead atoms. The highest BCUT2D eigenvalue weighted by atomic mass is 32.2. The Hall–Kier alpha value is -1.57. The molecule has 20 heavy (non-hydrogen) atoms. The number of anilines is 1. The van der Waals surface area contributed by atoms with Crippen LogP contribution in [0.25, 0.3) is 0 Å². The summed E-state index contributed by atoms with van der Waals surface area (Å²) in [5.74, 6) is -0.626. The molecule has 0 aliphatic carbocycles. The van der Waals surface area contributed by atoms with E-state index in [1.54, 1.807) is 0 Å². The van der Waals surface area contributed by atoms with Crippen molar-refractivity contribution in [3.63, 3.8) is 0 Å². The van der Waals surface area contributed by atoms with E-state index in [1.807, 2.05) is 0 Å². The summed E-state index contributed by atoms with van der Waals surface area (Å²) in [4.78, 5) is 22.5. The van der Waals surface area contributed by atoms with Crippen LogP contribution in [0, 0.1) is 0 Å². The number of hydrogen-bond donors (Lipinski definition) is 3. The van der Waals surface area contributed by atoms with Crippen LogP contribution in [0.3, 0.4) is 0 Å². The number of methoxy groups -OCH3 is 1. The molecule has 0 saturated heterocycles. The maximum Gasteiger partial charge on any atom is 0.338 e. The van der Waals surface area contributed by atoms with Crippen molar-refractivity contribution in [1.82, 2.24) is 0 Å². The van der Waals surface area contributed by atoms with Gasteiger partial charge in [0.2, 0.25) is 0 Å². The topological polar surface area (TPSA) is 110 Å². The number of carbonyl (C=O) groups excluding carboxylic acids is 2. The van der Waals surface area contributed by atoms with Crippen LogP contribution in [0.1, 0.15) is 28.9 Å². The molecule has 110 valence electrons. The molecule has 0 saturated carbocycles. The second-order valence-electron chi connectivity index (χ2n) is 4.15. The van der Waals surface area contributed by atoms with Gasteiger partial charge >= 0.3 is 5.97 Å². The van der Waals surface area contributed by atoms with Crippen molar-refractivity contribution in [1.29, 1.82) is 0 Å². The lowest BCUT2D eigenvalue weighted by Gasteiger charge is -2.19. The minimum absolute atomic E-state index is 0.0293. The van der Waals surface area contributed by atoms with Gasteiger partial charge in [-0.3, -0.25) is 4.79 Å². The van der Waals surface area contributed by atoms with Crippen LogP contribution < -0.4 is 5.73 Å². The molecule has 2 atom stereocenters. The first-order valence-corrected chi connectivity index (χ1v) is 6.82. The normalized spacial score (nSPS) is 13.6. The van der Waals surface area contributed by atoms with Crippen molar-refractivity contribution >= 4 is 28.5 Å². The van der Waals surface area contributed by atoms with Gasteiger partial charge in [0.15, 0.2) is 5.12 Å². The van der Waals surface area contributed by atoms with Crippen LogP contribution in [0.4, 0.5) is 5.69 Å². The maximum absolute atomic E-state index is 11.6. The van der Waals surface area contributed by atoms with E-state index in [1.165, 1.54) is 32.2 Å². The quantitative estimate of drug-likeness (QED) is 0.543. The molecule has 1 aromatic rings. The highest BCUT2D eigenvalue weighted by Gasteiger charge is 2.24. The predicted octanol–water partition coefficient (Wildman–Crippen LogP) is 0.729. The van der Waals surface area contributed by atoms with Gasteiger partial charge in [0.1, 0.15) is 6.10 Å². The van der Waals surface area contributed by atoms with Crippen molar-refractivity contribution in [2.24, 2.45) is 0 Å². The van der Waals surface area contributed by atoms with Crippen LogP contribution in [-0.2, 0) is 9.53 Å². The first-order valence-electron chi connectivity index (χ1n) is 5.84. The van der Waals surface area contributed by atoms with Crippen molar-refractivity contribution in [3.8, 4) is 0 Å². The molecular weight excluding hydrogens is 282 g/mol. The summed E-state index contributed by atoms with van der Waals surface area (Å²) in [5, 5.41) is 19.8. The molecule has 1 rings (SSSR count). The van der Waals surface area contributed by atoms with Crippen LogP contribution >= 0.6 is 11.8 Å². The number of esters is 1. The molecule has 6 nitrogen and oxygen atoms in total. The molecule has 7 heteroatoms. The lowest BCUT2D eigenvalue weighted by Crippen LogP contribution is -2.23. The summed E-state index contributed by atoms with van der Waals surface area (Å²) in [6, 6.07) is 4.33. The molecule has 0 fully saturated rings. The molecule has 1 aromatic carbocycles. The monoisotopic (exact) mass is 299 g/mol. The number of hydrogen-bond acceptors (Lipinski definition) is 7. The van der Waals surface area contributed by atoms with Crippen molar-refractivity contribution in [2.45, 2.75) is 19.1 Å². The summed E-state index contributed by atoms with van der Waals surface area (Å²) in [5.41, 5.74) is 6.24. The first kappa shape index (κ1) is 16.5. The fourth-order valence-electron chi connectivity index (χ4n) is 1.62. The molecule has 0 aliphatic heterocycles. The number of nitrogen functional groups attached to an aromatic ring is 1. The summed E-state index contributed by atoms with van der Waals surface area (Å²) >= 11 is 0.896. The third kappa shape index (κ3) is 4.22. The zero-order valence-corrected chi connectivity index (χ0v) is 12.0. The molecule has 2 unspecified atom stereocenters. The fraction of sp³-hybridized carbons (Fsp3) is 0.385. The van der Waals surface area contributed by atoms with Gasteiger partial charge in [0.05, 0.1) is 18.8 Å². The Morgan fingerprint density at radius 3 is 2.60 bits per heavy atom. The van der Waals surface area contributed by atoms with Gasteiger partial charge in [0, 0.05) is 18.4 Å². The first-order chi connectivity index (χ1) is 9.36. The third-order valence-electron chi connectivity index (χ3n) is 2.62. The molecule has 0 aromatic heterocycles. The Morgan fingerprint density at radius 2 is 2.05 bits per heavy atom. The van der Waals surface area contributed by atoms with E-state index in [-0.39, 0.29) is 22.0 Å². The third-order valence-corrected chi connectivity index (χ3v) is 3.54. The van der Waals surface area contributed by atoms with E-state index >= 15 is 0 Å². The molecular formula is C13H17NO5S. The van der Waals surface area contributed by atoms with Gasteiger partial charge in [0.25, 0.3) is 0 Å². The van der Waals surface area contributed by atoms with E-state index in [4.69, 9.17) is 5.73 Å². The minimum atomic E-state index is -1.31. The lowest BCUT2D eigenvalue weighted by molar-refractivity contribution is -0.109. The van der Waals surface area contributed by atoms with Gasteiger partial charge in [-0.2, -0.15) is 0 Å². The van der Waals surface area contributed by atoms with E-state index in [0.717, 1.165) is 11.8 Å². The number of ether oxygens (including phenoxy) is 1. The molecule has 0 amide bonds. The Balaban J connectivity index is 2.99. The summed E-state index contributed by atoms with van der Waals surface area (Å²) in [6.07, 6.45) is -2.49. The zero-order chi connectivity index (χ0) is 15.3. The number of aliphatic hydroxyl groups excluding tert-OH is 2. The summed E-state index contributed by atoms with van der Waals surface area (Å²) < 4.78 is 4.61. The number of benzene rings is 1. The largest absolute Gasteiger partial charge is 0.465 e. The van der Waals surface area contributed by atoms with E-state index < -0.39 is 18.2 Å². The van der Waals surface area contributed by atoms with Gasteiger partial charge in [-0.1, -0.05) is 17.8 Å². The Kier molecular flexibility index (Phi) is 6.00. The highest BCUT2D eigenvalue weighted by Crippen LogP contribution is 2.25. The summed E-state index contributed by atoms with van der Waals surface area (Å²) in [7, 11) is 1.21. The number of rotatable bonds is 5. The number of carbonyl (C=O) groups is 2. The predicted molar refractivity (Wildman–Crippen MR) is 76.3 cm³/mol. The molecule has 0 heterocycles.